The Labute approximate surface area is 231 Å². The number of anilines is 1. The molecule has 3 rings (SSSR count). The third-order valence-electron chi connectivity index (χ3n) is 7.34. The summed E-state index contributed by atoms with van der Waals surface area (Å²) in [7, 11) is -4.17. The second-order valence-electron chi connectivity index (χ2n) is 10.4. The zero-order valence-electron chi connectivity index (χ0n) is 23.3. The molecule has 0 amide bonds. The highest BCUT2D eigenvalue weighted by atomic mass is 32.2. The second-order valence-corrected chi connectivity index (χ2v) is 11.9. The predicted octanol–water partition coefficient (Wildman–Crippen LogP) is 6.22. The first kappa shape index (κ1) is 30.1. The van der Waals surface area contributed by atoms with Crippen LogP contribution in [0.1, 0.15) is 82.8 Å². The number of quaternary nitrogens is 1. The number of para-hydroxylation sites is 1. The number of benzene rings is 2. The maximum Gasteiger partial charge on any atom is 0.139 e. The number of hydrogen-bond donors (Lipinski definition) is 1. The van der Waals surface area contributed by atoms with Crippen LogP contribution in [0.15, 0.2) is 60.7 Å². The highest BCUT2D eigenvalue weighted by Crippen LogP contribution is 2.26. The standard InChI is InChI=1S/C32H46N2O3S/c1-3-5-7-11-23-33(24-12-8-6-4-2)30-20-17-28(18-21-30)16-19-29-22-26-34(25-13-27-38(35,36)37)32-15-10-9-14-31(29)32/h9-10,14-22H,3-8,11-13,23-27H2,1-2H3,(H,35,36,37)/b19-16+. The number of rotatable bonds is 17. The van der Waals surface area contributed by atoms with E-state index in [9.17, 15) is 13.0 Å². The van der Waals surface area contributed by atoms with Crippen molar-refractivity contribution < 1.29 is 17.9 Å². The molecular weight excluding hydrogens is 492 g/mol. The van der Waals surface area contributed by atoms with E-state index in [0.29, 0.717) is 13.0 Å². The van der Waals surface area contributed by atoms with Gasteiger partial charge in [0.1, 0.15) is 12.2 Å². The van der Waals surface area contributed by atoms with Crippen LogP contribution >= 0.6 is 0 Å². The summed E-state index contributed by atoms with van der Waals surface area (Å²) in [6, 6.07) is 17.2. The summed E-state index contributed by atoms with van der Waals surface area (Å²) in [4.78, 5) is 3.76. The van der Waals surface area contributed by atoms with E-state index in [1.54, 1.807) is 0 Å². The number of hydrogen-bond acceptors (Lipinski definition) is 4. The van der Waals surface area contributed by atoms with Crippen molar-refractivity contribution >= 4 is 33.1 Å². The number of unbranched alkanes of at least 4 members (excludes halogenated alkanes) is 6. The molecule has 208 valence electrons. The van der Waals surface area contributed by atoms with E-state index in [4.69, 9.17) is 0 Å². The third kappa shape index (κ3) is 10.0. The minimum atomic E-state index is -4.17. The average molecular weight is 539 g/mol. The van der Waals surface area contributed by atoms with Crippen LogP contribution < -0.4 is 9.80 Å². The molecule has 0 aliphatic carbocycles. The van der Waals surface area contributed by atoms with Crippen LogP contribution in [0.5, 0.6) is 0 Å². The molecule has 0 saturated heterocycles. The lowest BCUT2D eigenvalue weighted by Gasteiger charge is -2.25. The molecule has 0 spiro atoms. The quantitative estimate of drug-likeness (QED) is 0.192. The first-order valence-corrected chi connectivity index (χ1v) is 16.1. The normalized spacial score (nSPS) is 15.4. The van der Waals surface area contributed by atoms with Crippen molar-refractivity contribution in [1.29, 1.82) is 0 Å². The monoisotopic (exact) mass is 538 g/mol. The summed E-state index contributed by atoms with van der Waals surface area (Å²) in [6.45, 7) is 8.19. The summed E-state index contributed by atoms with van der Waals surface area (Å²) < 4.78 is 33.0. The molecular formula is C32H46N2O3S. The summed E-state index contributed by atoms with van der Waals surface area (Å²) in [5.74, 6) is -0.306. The van der Waals surface area contributed by atoms with Gasteiger partial charge in [-0.05, 0) is 54.3 Å². The topological polar surface area (TPSA) is 64.9 Å². The van der Waals surface area contributed by atoms with E-state index in [0.717, 1.165) is 30.9 Å². The lowest BCUT2D eigenvalue weighted by atomic mass is 9.97. The Bertz CT molecular complexity index is 1130. The summed E-state index contributed by atoms with van der Waals surface area (Å²) in [5, 5.41) is 0. The zero-order valence-corrected chi connectivity index (χ0v) is 24.1. The number of nitrogens with one attached hydrogen (secondary N) is 1. The van der Waals surface area contributed by atoms with Crippen LogP contribution in [0.2, 0.25) is 0 Å². The van der Waals surface area contributed by atoms with Crippen molar-refractivity contribution in [2.24, 2.45) is 0 Å². The minimum Gasteiger partial charge on any atom is -0.748 e. The molecule has 5 nitrogen and oxygen atoms in total. The van der Waals surface area contributed by atoms with E-state index >= 15 is 0 Å². The van der Waals surface area contributed by atoms with Crippen molar-refractivity contribution in [3.8, 4) is 0 Å². The molecule has 1 unspecified atom stereocenters. The highest BCUT2D eigenvalue weighted by Gasteiger charge is 2.21. The SMILES string of the molecule is CCCCCCN(CCCCCC)c1ccc(/C=C/C2=CC[NH+](CCCS(=O)(=O)[O-])c3ccccc32)cc1. The Hall–Kier alpha value is -2.41. The number of nitrogens with zero attached hydrogens (tertiary/aromatic N) is 1. The van der Waals surface area contributed by atoms with Gasteiger partial charge in [0.25, 0.3) is 0 Å². The maximum atomic E-state index is 11.0. The fourth-order valence-electron chi connectivity index (χ4n) is 5.16. The lowest BCUT2D eigenvalue weighted by Crippen LogP contribution is -3.07. The molecule has 0 fully saturated rings. The van der Waals surface area contributed by atoms with Crippen LogP contribution in [0.3, 0.4) is 0 Å². The average Bonchev–Trinajstić information content (AvgIpc) is 2.91. The molecule has 38 heavy (non-hydrogen) atoms. The van der Waals surface area contributed by atoms with Crippen LogP contribution in [-0.4, -0.2) is 44.9 Å². The van der Waals surface area contributed by atoms with Gasteiger partial charge in [0.05, 0.1) is 16.7 Å². The van der Waals surface area contributed by atoms with Crippen LogP contribution in [-0.2, 0) is 10.1 Å². The molecule has 1 aliphatic heterocycles. The lowest BCUT2D eigenvalue weighted by molar-refractivity contribution is -0.826. The molecule has 0 radical (unpaired) electrons. The third-order valence-corrected chi connectivity index (χ3v) is 8.13. The molecule has 6 heteroatoms. The van der Waals surface area contributed by atoms with Gasteiger partial charge >= 0.3 is 0 Å². The molecule has 1 N–H and O–H groups in total. The van der Waals surface area contributed by atoms with Gasteiger partial charge in [0.15, 0.2) is 0 Å². The Morgan fingerprint density at radius 2 is 1.50 bits per heavy atom. The molecule has 2 aromatic rings. The van der Waals surface area contributed by atoms with Crippen molar-refractivity contribution in [3.63, 3.8) is 0 Å². The van der Waals surface area contributed by atoms with Crippen LogP contribution in [0.25, 0.3) is 11.6 Å². The van der Waals surface area contributed by atoms with Gasteiger partial charge in [-0.15, -0.1) is 0 Å². The number of allylic oxidation sites excluding steroid dienone is 2. The van der Waals surface area contributed by atoms with Gasteiger partial charge in [-0.25, -0.2) is 8.42 Å². The molecule has 1 aliphatic rings. The summed E-state index contributed by atoms with van der Waals surface area (Å²) in [6.07, 6.45) is 17.2. The minimum absolute atomic E-state index is 0.306. The first-order valence-electron chi connectivity index (χ1n) is 14.5. The second kappa shape index (κ2) is 15.9. The number of fused-ring (bicyclic) bond motifs is 1. The largest absolute Gasteiger partial charge is 0.748 e. The zero-order chi connectivity index (χ0) is 27.2. The Morgan fingerprint density at radius 3 is 2.13 bits per heavy atom. The van der Waals surface area contributed by atoms with Gasteiger partial charge < -0.3 is 9.45 Å². The highest BCUT2D eigenvalue weighted by molar-refractivity contribution is 7.85. The molecule has 0 aromatic heterocycles. The molecule has 1 atom stereocenters. The maximum absolute atomic E-state index is 11.0. The van der Waals surface area contributed by atoms with Gasteiger partial charge in [0, 0.05) is 36.5 Å². The van der Waals surface area contributed by atoms with Crippen molar-refractivity contribution in [2.45, 2.75) is 71.6 Å². The Balaban J connectivity index is 1.65. The van der Waals surface area contributed by atoms with Crippen molar-refractivity contribution in [3.05, 3.63) is 71.8 Å². The Kier molecular flexibility index (Phi) is 12.6. The van der Waals surface area contributed by atoms with E-state index in [1.807, 2.05) is 12.1 Å². The van der Waals surface area contributed by atoms with Crippen LogP contribution in [0, 0.1) is 0 Å². The van der Waals surface area contributed by atoms with Crippen molar-refractivity contribution in [2.75, 3.05) is 36.8 Å². The fourth-order valence-corrected chi connectivity index (χ4v) is 5.66. The summed E-state index contributed by atoms with van der Waals surface area (Å²) in [5.41, 5.74) is 6.00. The van der Waals surface area contributed by atoms with E-state index in [2.05, 4.69) is 73.4 Å². The predicted molar refractivity (Wildman–Crippen MR) is 160 cm³/mol. The van der Waals surface area contributed by atoms with Gasteiger partial charge in [-0.1, -0.05) is 88.8 Å². The van der Waals surface area contributed by atoms with E-state index < -0.39 is 10.1 Å². The molecule has 0 saturated carbocycles. The Morgan fingerprint density at radius 1 is 0.842 bits per heavy atom. The first-order chi connectivity index (χ1) is 18.4. The van der Waals surface area contributed by atoms with Gasteiger partial charge in [-0.3, -0.25) is 4.90 Å². The molecule has 1 heterocycles. The molecule has 0 bridgehead atoms. The van der Waals surface area contributed by atoms with Crippen LogP contribution in [0.4, 0.5) is 11.4 Å². The molecule has 2 aromatic carbocycles. The fraction of sp³-hybridized carbons (Fsp3) is 0.500. The van der Waals surface area contributed by atoms with Gasteiger partial charge in [0.2, 0.25) is 0 Å². The van der Waals surface area contributed by atoms with E-state index in [1.165, 1.54) is 73.1 Å². The smallest absolute Gasteiger partial charge is 0.139 e. The van der Waals surface area contributed by atoms with Gasteiger partial charge in [-0.2, -0.15) is 0 Å². The van der Waals surface area contributed by atoms with E-state index in [-0.39, 0.29) is 5.75 Å². The van der Waals surface area contributed by atoms with Crippen molar-refractivity contribution in [1.82, 2.24) is 0 Å². The summed E-state index contributed by atoms with van der Waals surface area (Å²) >= 11 is 0.